The summed E-state index contributed by atoms with van der Waals surface area (Å²) in [4.78, 5) is 0.254. The van der Waals surface area contributed by atoms with Crippen LogP contribution >= 0.6 is 15.9 Å². The smallest absolute Gasteiger partial charge is 0.261 e. The van der Waals surface area contributed by atoms with Crippen LogP contribution in [-0.4, -0.2) is 15.0 Å². The number of hydrogen-bond donors (Lipinski definition) is 1. The third-order valence-corrected chi connectivity index (χ3v) is 5.37. The molecule has 1 aliphatic heterocycles. The molecule has 2 aromatic rings. The molecule has 0 saturated carbocycles. The minimum absolute atomic E-state index is 0.254. The van der Waals surface area contributed by atoms with Gasteiger partial charge in [-0.2, -0.15) is 0 Å². The van der Waals surface area contributed by atoms with Gasteiger partial charge in [-0.05, 0) is 41.5 Å². The van der Waals surface area contributed by atoms with Gasteiger partial charge >= 0.3 is 0 Å². The minimum atomic E-state index is -3.56. The molecule has 1 aliphatic rings. The molecule has 6 heteroatoms. The van der Waals surface area contributed by atoms with Gasteiger partial charge in [0.25, 0.3) is 10.0 Å². The number of halogens is 1. The molecule has 0 saturated heterocycles. The van der Waals surface area contributed by atoms with E-state index in [4.69, 9.17) is 4.74 Å². The summed E-state index contributed by atoms with van der Waals surface area (Å²) in [5, 5.41) is 0.700. The first-order valence-electron chi connectivity index (χ1n) is 6.52. The molecule has 1 heterocycles. The Morgan fingerprint density at radius 1 is 1.14 bits per heavy atom. The predicted molar refractivity (Wildman–Crippen MR) is 85.5 cm³/mol. The predicted octanol–water partition coefficient (Wildman–Crippen LogP) is 3.32. The topological polar surface area (TPSA) is 55.4 Å². The van der Waals surface area contributed by atoms with Crippen molar-refractivity contribution >= 4 is 31.6 Å². The third kappa shape index (κ3) is 3.06. The van der Waals surface area contributed by atoms with E-state index in [0.29, 0.717) is 17.6 Å². The Bertz CT molecular complexity index is 757. The Morgan fingerprint density at radius 3 is 2.62 bits per heavy atom. The molecule has 0 bridgehead atoms. The van der Waals surface area contributed by atoms with E-state index in [-0.39, 0.29) is 4.90 Å². The fourth-order valence-corrected chi connectivity index (χ4v) is 3.65. The van der Waals surface area contributed by atoms with E-state index < -0.39 is 10.0 Å². The highest BCUT2D eigenvalue weighted by atomic mass is 79.9. The summed E-state index contributed by atoms with van der Waals surface area (Å²) in [5.74, 6) is 0.833. The first-order valence-corrected chi connectivity index (χ1v) is 9.12. The zero-order chi connectivity index (χ0) is 14.9. The van der Waals surface area contributed by atoms with Gasteiger partial charge in [0.15, 0.2) is 0 Å². The Morgan fingerprint density at radius 2 is 1.90 bits per heavy atom. The minimum Gasteiger partial charge on any atom is -0.493 e. The molecule has 0 radical (unpaired) electrons. The molecule has 2 aromatic carbocycles. The molecule has 1 N–H and O–H groups in total. The second-order valence-electron chi connectivity index (χ2n) is 4.80. The number of hydrogen-bond acceptors (Lipinski definition) is 3. The van der Waals surface area contributed by atoms with Crippen molar-refractivity contribution in [1.29, 1.82) is 0 Å². The Kier molecular flexibility index (Phi) is 3.91. The van der Waals surface area contributed by atoms with Crippen molar-refractivity contribution < 1.29 is 13.2 Å². The van der Waals surface area contributed by atoms with Gasteiger partial charge in [-0.1, -0.05) is 28.1 Å². The number of benzene rings is 2. The normalized spacial score (nSPS) is 13.6. The molecule has 0 atom stereocenters. The maximum absolute atomic E-state index is 12.3. The summed E-state index contributed by atoms with van der Waals surface area (Å²) in [5.41, 5.74) is 2.62. The van der Waals surface area contributed by atoms with Crippen molar-refractivity contribution in [2.75, 3.05) is 11.3 Å². The van der Waals surface area contributed by atoms with Gasteiger partial charge < -0.3 is 4.74 Å². The Hall–Kier alpha value is -1.53. The summed E-state index contributed by atoms with van der Waals surface area (Å²) in [6, 6.07) is 12.1. The van der Waals surface area contributed by atoms with E-state index >= 15 is 0 Å². The second-order valence-corrected chi connectivity index (χ2v) is 7.05. The van der Waals surface area contributed by atoms with Crippen molar-refractivity contribution in [2.24, 2.45) is 0 Å². The van der Waals surface area contributed by atoms with Crippen LogP contribution in [0.25, 0.3) is 0 Å². The van der Waals surface area contributed by atoms with Crippen LogP contribution in [0, 0.1) is 0 Å². The van der Waals surface area contributed by atoms with E-state index in [9.17, 15) is 8.42 Å². The van der Waals surface area contributed by atoms with Gasteiger partial charge in [-0.25, -0.2) is 8.42 Å². The summed E-state index contributed by atoms with van der Waals surface area (Å²) >= 11 is 3.34. The van der Waals surface area contributed by atoms with E-state index in [0.717, 1.165) is 23.3 Å². The maximum Gasteiger partial charge on any atom is 0.261 e. The maximum atomic E-state index is 12.3. The molecule has 0 aliphatic carbocycles. The average Bonchev–Trinajstić information content (AvgIpc) is 2.94. The van der Waals surface area contributed by atoms with Crippen molar-refractivity contribution in [1.82, 2.24) is 0 Å². The van der Waals surface area contributed by atoms with Crippen molar-refractivity contribution in [3.05, 3.63) is 53.6 Å². The van der Waals surface area contributed by atoms with Gasteiger partial charge in [-0.15, -0.1) is 0 Å². The molecular formula is C15H14BrNO3S. The van der Waals surface area contributed by atoms with Crippen LogP contribution < -0.4 is 9.46 Å². The van der Waals surface area contributed by atoms with Crippen LogP contribution in [0.5, 0.6) is 5.75 Å². The average molecular weight is 368 g/mol. The second kappa shape index (κ2) is 5.69. The molecule has 21 heavy (non-hydrogen) atoms. The first-order chi connectivity index (χ1) is 10.1. The highest BCUT2D eigenvalue weighted by Gasteiger charge is 2.17. The molecule has 0 amide bonds. The van der Waals surface area contributed by atoms with Crippen molar-refractivity contribution in [3.63, 3.8) is 0 Å². The van der Waals surface area contributed by atoms with Crippen LogP contribution in [0.3, 0.4) is 0 Å². The fourth-order valence-electron chi connectivity index (χ4n) is 2.22. The molecule has 0 aromatic heterocycles. The van der Waals surface area contributed by atoms with Gasteiger partial charge in [0.2, 0.25) is 0 Å². The molecule has 3 rings (SSSR count). The number of fused-ring (bicyclic) bond motifs is 1. The summed E-state index contributed by atoms with van der Waals surface area (Å²) in [7, 11) is -3.56. The number of rotatable bonds is 4. The standard InChI is InChI=1S/C15H14BrNO3S/c16-10-11-1-4-14(5-2-11)21(18,19)17-13-3-6-15-12(9-13)7-8-20-15/h1-6,9,17H,7-8,10H2. The van der Waals surface area contributed by atoms with Gasteiger partial charge in [0.1, 0.15) is 5.75 Å². The number of sulfonamides is 1. The van der Waals surface area contributed by atoms with Crippen LogP contribution in [0.4, 0.5) is 5.69 Å². The number of ether oxygens (including phenoxy) is 1. The molecule has 0 unspecified atom stereocenters. The third-order valence-electron chi connectivity index (χ3n) is 3.33. The van der Waals surface area contributed by atoms with E-state index in [1.807, 2.05) is 6.07 Å². The fraction of sp³-hybridized carbons (Fsp3) is 0.200. The van der Waals surface area contributed by atoms with Gasteiger partial charge in [0.05, 0.1) is 11.5 Å². The van der Waals surface area contributed by atoms with Gasteiger partial charge in [0, 0.05) is 17.4 Å². The number of alkyl halides is 1. The SMILES string of the molecule is O=S(=O)(Nc1ccc2c(c1)CCO2)c1ccc(CBr)cc1. The molecule has 110 valence electrons. The Labute approximate surface area is 132 Å². The van der Waals surface area contributed by atoms with E-state index in [2.05, 4.69) is 20.7 Å². The summed E-state index contributed by atoms with van der Waals surface area (Å²) < 4.78 is 32.7. The quantitative estimate of drug-likeness (QED) is 0.843. The van der Waals surface area contributed by atoms with Gasteiger partial charge in [-0.3, -0.25) is 4.72 Å². The lowest BCUT2D eigenvalue weighted by molar-refractivity contribution is 0.357. The highest BCUT2D eigenvalue weighted by molar-refractivity contribution is 9.08. The largest absolute Gasteiger partial charge is 0.493 e. The molecule has 4 nitrogen and oxygen atoms in total. The summed E-state index contributed by atoms with van der Waals surface area (Å²) in [6.45, 7) is 0.652. The zero-order valence-corrected chi connectivity index (χ0v) is 13.6. The lowest BCUT2D eigenvalue weighted by atomic mass is 10.1. The van der Waals surface area contributed by atoms with Crippen LogP contribution in [0.1, 0.15) is 11.1 Å². The van der Waals surface area contributed by atoms with Crippen molar-refractivity contribution in [3.8, 4) is 5.75 Å². The van der Waals surface area contributed by atoms with E-state index in [1.54, 1.807) is 36.4 Å². The Balaban J connectivity index is 1.85. The lowest BCUT2D eigenvalue weighted by Gasteiger charge is -2.09. The lowest BCUT2D eigenvalue weighted by Crippen LogP contribution is -2.13. The molecular weight excluding hydrogens is 354 g/mol. The van der Waals surface area contributed by atoms with Crippen LogP contribution in [0.2, 0.25) is 0 Å². The van der Waals surface area contributed by atoms with Crippen LogP contribution in [0.15, 0.2) is 47.4 Å². The number of nitrogens with one attached hydrogen (secondary N) is 1. The first kappa shape index (κ1) is 14.4. The monoisotopic (exact) mass is 367 g/mol. The molecule has 0 fully saturated rings. The van der Waals surface area contributed by atoms with Crippen LogP contribution in [-0.2, 0) is 21.8 Å². The summed E-state index contributed by atoms with van der Waals surface area (Å²) in [6.07, 6.45) is 0.810. The number of anilines is 1. The highest BCUT2D eigenvalue weighted by Crippen LogP contribution is 2.28. The van der Waals surface area contributed by atoms with E-state index in [1.165, 1.54) is 0 Å². The molecule has 0 spiro atoms. The zero-order valence-electron chi connectivity index (χ0n) is 11.2. The van der Waals surface area contributed by atoms with Crippen molar-refractivity contribution in [2.45, 2.75) is 16.6 Å².